The van der Waals surface area contributed by atoms with E-state index in [9.17, 15) is 9.59 Å². The summed E-state index contributed by atoms with van der Waals surface area (Å²) in [7, 11) is 1.66. The van der Waals surface area contributed by atoms with Gasteiger partial charge in [-0.25, -0.2) is 0 Å². The Morgan fingerprint density at radius 3 is 2.47 bits per heavy atom. The molecule has 0 fully saturated rings. The van der Waals surface area contributed by atoms with Crippen molar-refractivity contribution < 1.29 is 14.7 Å². The predicted octanol–water partition coefficient (Wildman–Crippen LogP) is 2.66. The smallest absolute Gasteiger partial charge is 0.307 e. The minimum Gasteiger partial charge on any atom is -0.481 e. The van der Waals surface area contributed by atoms with E-state index < -0.39 is 17.8 Å². The Hall–Kier alpha value is -1.55. The van der Waals surface area contributed by atoms with E-state index in [1.165, 1.54) is 11.8 Å². The number of halogens is 1. The molecule has 2 unspecified atom stereocenters. The molecule has 0 saturated carbocycles. The molecular weight excluding hydrogens is 266 g/mol. The molecule has 0 aromatic heterocycles. The van der Waals surface area contributed by atoms with Crippen molar-refractivity contribution in [1.82, 2.24) is 4.90 Å². The van der Waals surface area contributed by atoms with Gasteiger partial charge in [0.05, 0.1) is 5.92 Å². The highest BCUT2D eigenvalue weighted by molar-refractivity contribution is 6.30. The molecular formula is C14H18ClNO3. The van der Waals surface area contributed by atoms with Crippen LogP contribution in [0.3, 0.4) is 0 Å². The third-order valence-corrected chi connectivity index (χ3v) is 3.45. The van der Waals surface area contributed by atoms with E-state index in [0.29, 0.717) is 11.6 Å². The number of hydrogen-bond donors (Lipinski definition) is 1. The standard InChI is InChI=1S/C14H18ClNO3/c1-9(10(2)14(18)19)13(17)16(3)8-11-5-4-6-12(15)7-11/h4-7,9-10H,8H2,1-3H3,(H,18,19). The van der Waals surface area contributed by atoms with Gasteiger partial charge in [-0.05, 0) is 17.7 Å². The first-order chi connectivity index (χ1) is 8.82. The number of benzene rings is 1. The monoisotopic (exact) mass is 283 g/mol. The number of nitrogens with zero attached hydrogens (tertiary/aromatic N) is 1. The van der Waals surface area contributed by atoms with Crippen LogP contribution in [-0.4, -0.2) is 28.9 Å². The molecule has 5 heteroatoms. The van der Waals surface area contributed by atoms with Crippen LogP contribution in [0.4, 0.5) is 0 Å². The number of aliphatic carboxylic acids is 1. The summed E-state index contributed by atoms with van der Waals surface area (Å²) < 4.78 is 0. The molecule has 0 saturated heterocycles. The number of amides is 1. The average molecular weight is 284 g/mol. The van der Waals surface area contributed by atoms with Gasteiger partial charge in [0.15, 0.2) is 0 Å². The van der Waals surface area contributed by atoms with Crippen molar-refractivity contribution in [2.75, 3.05) is 7.05 Å². The maximum Gasteiger partial charge on any atom is 0.307 e. The van der Waals surface area contributed by atoms with E-state index in [-0.39, 0.29) is 5.91 Å². The molecule has 0 heterocycles. The van der Waals surface area contributed by atoms with Crippen LogP contribution in [-0.2, 0) is 16.1 Å². The number of carbonyl (C=O) groups is 2. The van der Waals surface area contributed by atoms with Gasteiger partial charge >= 0.3 is 5.97 Å². The Morgan fingerprint density at radius 1 is 1.32 bits per heavy atom. The number of carboxylic acid groups (broad SMARTS) is 1. The fourth-order valence-electron chi connectivity index (χ4n) is 1.76. The number of carboxylic acids is 1. The van der Waals surface area contributed by atoms with Gasteiger partial charge in [-0.2, -0.15) is 0 Å². The summed E-state index contributed by atoms with van der Waals surface area (Å²) in [5.41, 5.74) is 0.915. The van der Waals surface area contributed by atoms with Crippen molar-refractivity contribution in [2.45, 2.75) is 20.4 Å². The Balaban J connectivity index is 2.70. The lowest BCUT2D eigenvalue weighted by Gasteiger charge is -2.23. The molecule has 0 aliphatic rings. The highest BCUT2D eigenvalue weighted by Crippen LogP contribution is 2.17. The summed E-state index contributed by atoms with van der Waals surface area (Å²) in [6, 6.07) is 7.25. The van der Waals surface area contributed by atoms with Gasteiger partial charge in [-0.1, -0.05) is 37.6 Å². The van der Waals surface area contributed by atoms with Crippen LogP contribution in [0.25, 0.3) is 0 Å². The molecule has 19 heavy (non-hydrogen) atoms. The second-order valence-corrected chi connectivity index (χ2v) is 5.18. The largest absolute Gasteiger partial charge is 0.481 e. The van der Waals surface area contributed by atoms with Gasteiger partial charge in [-0.3, -0.25) is 9.59 Å². The second-order valence-electron chi connectivity index (χ2n) is 4.74. The number of carbonyl (C=O) groups excluding carboxylic acids is 1. The van der Waals surface area contributed by atoms with Gasteiger partial charge in [0.2, 0.25) is 5.91 Å². The summed E-state index contributed by atoms with van der Waals surface area (Å²) in [6.07, 6.45) is 0. The maximum atomic E-state index is 12.1. The highest BCUT2D eigenvalue weighted by atomic mass is 35.5. The van der Waals surface area contributed by atoms with E-state index >= 15 is 0 Å². The van der Waals surface area contributed by atoms with Crippen LogP contribution in [0.1, 0.15) is 19.4 Å². The summed E-state index contributed by atoms with van der Waals surface area (Å²) >= 11 is 5.88. The van der Waals surface area contributed by atoms with Crippen LogP contribution in [0.2, 0.25) is 5.02 Å². The maximum absolute atomic E-state index is 12.1. The van der Waals surface area contributed by atoms with Crippen LogP contribution in [0, 0.1) is 11.8 Å². The summed E-state index contributed by atoms with van der Waals surface area (Å²) in [4.78, 5) is 24.5. The third kappa shape index (κ3) is 4.24. The minimum absolute atomic E-state index is 0.185. The molecule has 4 nitrogen and oxygen atoms in total. The molecule has 1 aromatic rings. The quantitative estimate of drug-likeness (QED) is 0.904. The van der Waals surface area contributed by atoms with Crippen LogP contribution >= 0.6 is 11.6 Å². The van der Waals surface area contributed by atoms with Crippen molar-refractivity contribution in [3.63, 3.8) is 0 Å². The van der Waals surface area contributed by atoms with Gasteiger partial charge in [0.25, 0.3) is 0 Å². The fraction of sp³-hybridized carbons (Fsp3) is 0.429. The molecule has 104 valence electrons. The van der Waals surface area contributed by atoms with Crippen molar-refractivity contribution in [3.8, 4) is 0 Å². The van der Waals surface area contributed by atoms with Gasteiger partial charge in [0, 0.05) is 24.5 Å². The molecule has 0 aliphatic heterocycles. The minimum atomic E-state index is -0.961. The Kier molecular flexibility index (Phi) is 5.36. The first-order valence-corrected chi connectivity index (χ1v) is 6.43. The summed E-state index contributed by atoms with van der Waals surface area (Å²) in [6.45, 7) is 3.59. The number of rotatable bonds is 5. The van der Waals surface area contributed by atoms with E-state index in [1.807, 2.05) is 12.1 Å². The molecule has 1 amide bonds. The third-order valence-electron chi connectivity index (χ3n) is 3.21. The zero-order valence-electron chi connectivity index (χ0n) is 11.3. The average Bonchev–Trinajstić information content (AvgIpc) is 2.35. The first-order valence-electron chi connectivity index (χ1n) is 6.05. The van der Waals surface area contributed by atoms with Crippen LogP contribution in [0.15, 0.2) is 24.3 Å². The highest BCUT2D eigenvalue weighted by Gasteiger charge is 2.27. The topological polar surface area (TPSA) is 57.6 Å². The normalized spacial score (nSPS) is 13.7. The Labute approximate surface area is 118 Å². The lowest BCUT2D eigenvalue weighted by atomic mass is 9.95. The van der Waals surface area contributed by atoms with Gasteiger partial charge in [0.1, 0.15) is 0 Å². The Morgan fingerprint density at radius 2 is 1.95 bits per heavy atom. The van der Waals surface area contributed by atoms with Crippen LogP contribution < -0.4 is 0 Å². The lowest BCUT2D eigenvalue weighted by molar-refractivity contribution is -0.148. The number of hydrogen-bond acceptors (Lipinski definition) is 2. The second kappa shape index (κ2) is 6.57. The molecule has 2 atom stereocenters. The summed E-state index contributed by atoms with van der Waals surface area (Å²) in [5, 5.41) is 9.54. The van der Waals surface area contributed by atoms with E-state index in [0.717, 1.165) is 5.56 Å². The van der Waals surface area contributed by atoms with Crippen molar-refractivity contribution >= 4 is 23.5 Å². The lowest BCUT2D eigenvalue weighted by Crippen LogP contribution is -2.36. The van der Waals surface area contributed by atoms with E-state index in [4.69, 9.17) is 16.7 Å². The fourth-order valence-corrected chi connectivity index (χ4v) is 1.98. The van der Waals surface area contributed by atoms with Crippen molar-refractivity contribution in [1.29, 1.82) is 0 Å². The van der Waals surface area contributed by atoms with Crippen molar-refractivity contribution in [3.05, 3.63) is 34.9 Å². The summed E-state index contributed by atoms with van der Waals surface area (Å²) in [5.74, 6) is -2.40. The van der Waals surface area contributed by atoms with Crippen LogP contribution in [0.5, 0.6) is 0 Å². The predicted molar refractivity (Wildman–Crippen MR) is 73.9 cm³/mol. The molecule has 0 bridgehead atoms. The van der Waals surface area contributed by atoms with E-state index in [2.05, 4.69) is 0 Å². The van der Waals surface area contributed by atoms with Crippen molar-refractivity contribution in [2.24, 2.45) is 11.8 Å². The molecule has 0 radical (unpaired) electrons. The first kappa shape index (κ1) is 15.5. The molecule has 0 aliphatic carbocycles. The SMILES string of the molecule is CC(C(=O)O)C(C)C(=O)N(C)Cc1cccc(Cl)c1. The zero-order valence-corrected chi connectivity index (χ0v) is 12.0. The zero-order chi connectivity index (χ0) is 14.6. The molecule has 1 rings (SSSR count). The van der Waals surface area contributed by atoms with E-state index in [1.54, 1.807) is 26.1 Å². The molecule has 1 N–H and O–H groups in total. The molecule has 0 spiro atoms. The molecule has 1 aromatic carbocycles. The van der Waals surface area contributed by atoms with Gasteiger partial charge < -0.3 is 10.0 Å². The van der Waals surface area contributed by atoms with Gasteiger partial charge in [-0.15, -0.1) is 0 Å². The Bertz CT molecular complexity index is 476.